The van der Waals surface area contributed by atoms with Crippen molar-refractivity contribution in [1.82, 2.24) is 14.9 Å². The van der Waals surface area contributed by atoms with E-state index in [1.807, 2.05) is 0 Å². The molecule has 1 fully saturated rings. The van der Waals surface area contributed by atoms with Crippen LogP contribution in [0.2, 0.25) is 5.28 Å². The first-order valence-corrected chi connectivity index (χ1v) is 6.19. The van der Waals surface area contributed by atoms with Gasteiger partial charge in [0.05, 0.1) is 5.69 Å². The first kappa shape index (κ1) is 12.4. The highest BCUT2D eigenvalue weighted by Crippen LogP contribution is 2.22. The summed E-state index contributed by atoms with van der Waals surface area (Å²) in [5.41, 5.74) is 6.95. The minimum Gasteiger partial charge on any atom is -0.475 e. The molecule has 0 saturated carbocycles. The molecule has 0 atom stereocenters. The Morgan fingerprint density at radius 2 is 2.06 bits per heavy atom. The van der Waals surface area contributed by atoms with Crippen LogP contribution in [0.4, 0.5) is 5.69 Å². The Morgan fingerprint density at radius 1 is 1.35 bits per heavy atom. The van der Waals surface area contributed by atoms with Crippen LogP contribution in [0.5, 0.6) is 5.88 Å². The molecule has 2 heterocycles. The van der Waals surface area contributed by atoms with E-state index in [2.05, 4.69) is 14.9 Å². The Kier molecular flexibility index (Phi) is 4.02. The van der Waals surface area contributed by atoms with E-state index in [1.165, 1.54) is 12.8 Å². The average Bonchev–Trinajstić information content (AvgIpc) is 2.78. The van der Waals surface area contributed by atoms with Gasteiger partial charge in [0.1, 0.15) is 12.3 Å². The number of ether oxygens (including phenoxy) is 1. The number of nitrogens with zero attached hydrogens (tertiary/aromatic N) is 3. The molecule has 17 heavy (non-hydrogen) atoms. The van der Waals surface area contributed by atoms with Gasteiger partial charge in [-0.1, -0.05) is 0 Å². The van der Waals surface area contributed by atoms with Gasteiger partial charge in [-0.25, -0.2) is 4.98 Å². The van der Waals surface area contributed by atoms with Crippen LogP contribution in [-0.4, -0.2) is 41.1 Å². The summed E-state index contributed by atoms with van der Waals surface area (Å²) in [7, 11) is 0. The molecule has 2 rings (SSSR count). The molecular weight excluding hydrogens is 240 g/mol. The fraction of sp³-hybridized carbons (Fsp3) is 0.636. The fourth-order valence-corrected chi connectivity index (χ4v) is 2.11. The zero-order valence-electron chi connectivity index (χ0n) is 9.95. The van der Waals surface area contributed by atoms with Crippen LogP contribution in [0.15, 0.2) is 0 Å². The van der Waals surface area contributed by atoms with Crippen LogP contribution >= 0.6 is 11.6 Å². The van der Waals surface area contributed by atoms with Crippen molar-refractivity contribution in [2.75, 3.05) is 32.0 Å². The van der Waals surface area contributed by atoms with Crippen molar-refractivity contribution >= 4 is 17.3 Å². The lowest BCUT2D eigenvalue weighted by molar-refractivity contribution is 0.232. The van der Waals surface area contributed by atoms with Gasteiger partial charge < -0.3 is 10.5 Å². The lowest BCUT2D eigenvalue weighted by Gasteiger charge is -2.15. The molecule has 1 aromatic rings. The summed E-state index contributed by atoms with van der Waals surface area (Å²) < 4.78 is 5.56. The summed E-state index contributed by atoms with van der Waals surface area (Å²) in [5.74, 6) is 0.390. The zero-order chi connectivity index (χ0) is 12.3. The van der Waals surface area contributed by atoms with E-state index in [4.69, 9.17) is 22.1 Å². The standard InChI is InChI=1S/C11H17ClN4O/c1-8-9(13)10(15-11(12)14-8)17-7-6-16-4-2-3-5-16/h2-7,13H2,1H3. The number of hydrogen-bond acceptors (Lipinski definition) is 5. The second-order valence-electron chi connectivity index (χ2n) is 4.19. The van der Waals surface area contributed by atoms with Crippen molar-refractivity contribution in [3.8, 4) is 5.88 Å². The van der Waals surface area contributed by atoms with Crippen LogP contribution < -0.4 is 10.5 Å². The normalized spacial score (nSPS) is 16.4. The number of rotatable bonds is 4. The number of halogens is 1. The van der Waals surface area contributed by atoms with Crippen molar-refractivity contribution in [2.45, 2.75) is 19.8 Å². The molecule has 0 bridgehead atoms. The van der Waals surface area contributed by atoms with E-state index < -0.39 is 0 Å². The van der Waals surface area contributed by atoms with Crippen LogP contribution in [-0.2, 0) is 0 Å². The second-order valence-corrected chi connectivity index (χ2v) is 4.53. The molecule has 5 nitrogen and oxygen atoms in total. The first-order chi connectivity index (χ1) is 8.16. The highest BCUT2D eigenvalue weighted by atomic mass is 35.5. The predicted molar refractivity (Wildman–Crippen MR) is 67.4 cm³/mol. The lowest BCUT2D eigenvalue weighted by Crippen LogP contribution is -2.25. The van der Waals surface area contributed by atoms with Gasteiger partial charge in [-0.05, 0) is 44.5 Å². The van der Waals surface area contributed by atoms with E-state index in [-0.39, 0.29) is 5.28 Å². The number of aromatic nitrogens is 2. The molecule has 6 heteroatoms. The monoisotopic (exact) mass is 256 g/mol. The maximum absolute atomic E-state index is 5.82. The average molecular weight is 257 g/mol. The topological polar surface area (TPSA) is 64.3 Å². The molecule has 2 N–H and O–H groups in total. The van der Waals surface area contributed by atoms with Crippen molar-refractivity contribution in [2.24, 2.45) is 0 Å². The van der Waals surface area contributed by atoms with Gasteiger partial charge in [-0.3, -0.25) is 4.90 Å². The molecule has 0 unspecified atom stereocenters. The SMILES string of the molecule is Cc1nc(Cl)nc(OCCN2CCCC2)c1N. The van der Waals surface area contributed by atoms with Gasteiger partial charge in [-0.15, -0.1) is 0 Å². The number of nitrogen functional groups attached to an aromatic ring is 1. The van der Waals surface area contributed by atoms with E-state index in [9.17, 15) is 0 Å². The molecule has 1 aliphatic heterocycles. The third kappa shape index (κ3) is 3.20. The molecule has 1 saturated heterocycles. The van der Waals surface area contributed by atoms with E-state index in [0.717, 1.165) is 19.6 Å². The molecule has 94 valence electrons. The number of hydrogen-bond donors (Lipinski definition) is 1. The quantitative estimate of drug-likeness (QED) is 0.827. The molecule has 0 radical (unpaired) electrons. The van der Waals surface area contributed by atoms with Gasteiger partial charge in [0.2, 0.25) is 11.2 Å². The van der Waals surface area contributed by atoms with Gasteiger partial charge in [0.25, 0.3) is 0 Å². The summed E-state index contributed by atoms with van der Waals surface area (Å²) in [6, 6.07) is 0. The number of nitrogens with two attached hydrogens (primary N) is 1. The zero-order valence-corrected chi connectivity index (χ0v) is 10.7. The van der Waals surface area contributed by atoms with Gasteiger partial charge in [0.15, 0.2) is 0 Å². The molecule has 0 aliphatic carbocycles. The van der Waals surface area contributed by atoms with Crippen molar-refractivity contribution in [3.05, 3.63) is 11.0 Å². The molecule has 0 amide bonds. The third-order valence-electron chi connectivity index (χ3n) is 2.92. The Balaban J connectivity index is 1.89. The fourth-order valence-electron chi connectivity index (χ4n) is 1.91. The number of aryl methyl sites for hydroxylation is 1. The summed E-state index contributed by atoms with van der Waals surface area (Å²) in [6.07, 6.45) is 2.56. The van der Waals surface area contributed by atoms with Crippen LogP contribution in [0.3, 0.4) is 0 Å². The Morgan fingerprint density at radius 3 is 2.76 bits per heavy atom. The Hall–Kier alpha value is -1.07. The number of anilines is 1. The van der Waals surface area contributed by atoms with Crippen LogP contribution in [0.25, 0.3) is 0 Å². The van der Waals surface area contributed by atoms with Gasteiger partial charge in [0, 0.05) is 6.54 Å². The first-order valence-electron chi connectivity index (χ1n) is 5.81. The van der Waals surface area contributed by atoms with Gasteiger partial charge in [-0.2, -0.15) is 4.98 Å². The third-order valence-corrected chi connectivity index (χ3v) is 3.09. The number of likely N-dealkylation sites (tertiary alicyclic amines) is 1. The molecule has 0 spiro atoms. The van der Waals surface area contributed by atoms with Gasteiger partial charge >= 0.3 is 0 Å². The minimum absolute atomic E-state index is 0.174. The Labute approximate surface area is 106 Å². The molecule has 0 aromatic carbocycles. The molecule has 1 aromatic heterocycles. The van der Waals surface area contributed by atoms with Crippen molar-refractivity contribution < 1.29 is 4.74 Å². The Bertz CT molecular complexity index is 393. The van der Waals surface area contributed by atoms with E-state index in [0.29, 0.717) is 23.9 Å². The van der Waals surface area contributed by atoms with E-state index >= 15 is 0 Å². The van der Waals surface area contributed by atoms with Crippen molar-refractivity contribution in [1.29, 1.82) is 0 Å². The van der Waals surface area contributed by atoms with E-state index in [1.54, 1.807) is 6.92 Å². The predicted octanol–water partition coefficient (Wildman–Crippen LogP) is 1.50. The summed E-state index contributed by atoms with van der Waals surface area (Å²) in [4.78, 5) is 10.3. The summed E-state index contributed by atoms with van der Waals surface area (Å²) in [6.45, 7) is 5.58. The summed E-state index contributed by atoms with van der Waals surface area (Å²) >= 11 is 5.76. The smallest absolute Gasteiger partial charge is 0.241 e. The minimum atomic E-state index is 0.174. The lowest BCUT2D eigenvalue weighted by atomic mass is 10.4. The van der Waals surface area contributed by atoms with Crippen LogP contribution in [0.1, 0.15) is 18.5 Å². The highest BCUT2D eigenvalue weighted by Gasteiger charge is 2.13. The summed E-state index contributed by atoms with van der Waals surface area (Å²) in [5, 5.41) is 0.174. The largest absolute Gasteiger partial charge is 0.475 e. The highest BCUT2D eigenvalue weighted by molar-refractivity contribution is 6.28. The molecular formula is C11H17ClN4O. The van der Waals surface area contributed by atoms with Crippen LogP contribution in [0, 0.1) is 6.92 Å². The molecule has 1 aliphatic rings. The maximum Gasteiger partial charge on any atom is 0.241 e. The maximum atomic E-state index is 5.82. The van der Waals surface area contributed by atoms with Crippen molar-refractivity contribution in [3.63, 3.8) is 0 Å². The second kappa shape index (κ2) is 5.51.